The number of carbonyl (C=O) groups excluding carboxylic acids is 2. The van der Waals surface area contributed by atoms with Crippen molar-refractivity contribution < 1.29 is 14.0 Å². The average molecular weight is 533 g/mol. The normalized spacial score (nSPS) is 15.6. The molecule has 0 aliphatic carbocycles. The molecule has 1 atom stereocenters. The molecule has 35 heavy (non-hydrogen) atoms. The van der Waals surface area contributed by atoms with Crippen LogP contribution in [0.4, 0.5) is 4.39 Å². The van der Waals surface area contributed by atoms with Gasteiger partial charge < -0.3 is 9.80 Å². The lowest BCUT2D eigenvalue weighted by Gasteiger charge is -2.38. The van der Waals surface area contributed by atoms with Crippen LogP contribution in [0.25, 0.3) is 0 Å². The van der Waals surface area contributed by atoms with Crippen LogP contribution in [0, 0.1) is 11.2 Å². The van der Waals surface area contributed by atoms with Gasteiger partial charge in [0.15, 0.2) is 0 Å². The summed E-state index contributed by atoms with van der Waals surface area (Å²) in [4.78, 5) is 31.7. The predicted molar refractivity (Wildman–Crippen MR) is 139 cm³/mol. The smallest absolute Gasteiger partial charge is 0.243 e. The third-order valence-corrected chi connectivity index (χ3v) is 7.64. The number of fused-ring (bicyclic) bond motifs is 1. The molecule has 2 heterocycles. The van der Waals surface area contributed by atoms with Crippen LogP contribution in [0.15, 0.2) is 53.9 Å². The first-order valence-corrected chi connectivity index (χ1v) is 13.0. The summed E-state index contributed by atoms with van der Waals surface area (Å²) in [5, 5.41) is 3.05. The van der Waals surface area contributed by atoms with Gasteiger partial charge in [-0.1, -0.05) is 62.2 Å². The van der Waals surface area contributed by atoms with E-state index in [-0.39, 0.29) is 36.8 Å². The zero-order valence-electron chi connectivity index (χ0n) is 19.9. The molecule has 0 saturated heterocycles. The number of rotatable bonds is 5. The Labute approximate surface area is 219 Å². The van der Waals surface area contributed by atoms with Gasteiger partial charge in [0.1, 0.15) is 12.4 Å². The van der Waals surface area contributed by atoms with Gasteiger partial charge in [0, 0.05) is 33.4 Å². The Kier molecular flexibility index (Phi) is 7.55. The van der Waals surface area contributed by atoms with Crippen LogP contribution in [0.5, 0.6) is 0 Å². The summed E-state index contributed by atoms with van der Waals surface area (Å²) in [6, 6.07) is 13.0. The van der Waals surface area contributed by atoms with Gasteiger partial charge in [0.25, 0.3) is 0 Å². The molecule has 0 spiro atoms. The summed E-state index contributed by atoms with van der Waals surface area (Å²) in [6.45, 7) is 6.12. The molecule has 0 bridgehead atoms. The topological polar surface area (TPSA) is 40.6 Å². The van der Waals surface area contributed by atoms with Crippen LogP contribution < -0.4 is 0 Å². The number of hydrogen-bond donors (Lipinski definition) is 0. The Bertz CT molecular complexity index is 1240. The van der Waals surface area contributed by atoms with E-state index in [1.54, 1.807) is 45.4 Å². The standard InChI is InChI=1S/C27H27Cl2FN2O2S/c1-27(2,3)26(34)31(15-17-4-7-19(30)8-5-17)16-24(33)32-12-10-23-21(11-13-35-23)25(32)20-9-6-18(28)14-22(20)29/h4-9,11,13-14,25H,10,12,15-16H2,1-3H3. The van der Waals surface area contributed by atoms with Crippen molar-refractivity contribution in [3.8, 4) is 0 Å². The quantitative estimate of drug-likeness (QED) is 0.364. The molecule has 0 radical (unpaired) electrons. The van der Waals surface area contributed by atoms with E-state index in [0.717, 1.165) is 23.1 Å². The second kappa shape index (κ2) is 10.3. The molecule has 184 valence electrons. The maximum Gasteiger partial charge on any atom is 0.243 e. The van der Waals surface area contributed by atoms with E-state index >= 15 is 0 Å². The zero-order valence-corrected chi connectivity index (χ0v) is 22.2. The summed E-state index contributed by atoms with van der Waals surface area (Å²) in [6.07, 6.45) is 0.742. The molecule has 3 aromatic rings. The Hall–Kier alpha value is -2.41. The molecule has 1 unspecified atom stereocenters. The average Bonchev–Trinajstić information content (AvgIpc) is 3.27. The summed E-state index contributed by atoms with van der Waals surface area (Å²) in [5.74, 6) is -0.664. The van der Waals surface area contributed by atoms with Gasteiger partial charge >= 0.3 is 0 Å². The predicted octanol–water partition coefficient (Wildman–Crippen LogP) is 6.74. The minimum atomic E-state index is -0.679. The van der Waals surface area contributed by atoms with Gasteiger partial charge in [0.2, 0.25) is 11.8 Å². The molecule has 8 heteroatoms. The highest BCUT2D eigenvalue weighted by atomic mass is 35.5. The van der Waals surface area contributed by atoms with Crippen LogP contribution in [0.1, 0.15) is 48.4 Å². The highest BCUT2D eigenvalue weighted by Gasteiger charge is 2.36. The van der Waals surface area contributed by atoms with E-state index in [1.165, 1.54) is 17.0 Å². The second-order valence-corrected chi connectivity index (χ2v) is 11.6. The van der Waals surface area contributed by atoms with Gasteiger partial charge in [-0.15, -0.1) is 11.3 Å². The monoisotopic (exact) mass is 532 g/mol. The fourth-order valence-electron chi connectivity index (χ4n) is 4.38. The Balaban J connectivity index is 1.66. The molecule has 1 aromatic heterocycles. The fraction of sp³-hybridized carbons (Fsp3) is 0.333. The van der Waals surface area contributed by atoms with Crippen molar-refractivity contribution in [1.29, 1.82) is 0 Å². The molecule has 0 fully saturated rings. The summed E-state index contributed by atoms with van der Waals surface area (Å²) >= 11 is 14.4. The first-order valence-electron chi connectivity index (χ1n) is 11.4. The Morgan fingerprint density at radius 3 is 2.46 bits per heavy atom. The largest absolute Gasteiger partial charge is 0.330 e. The van der Waals surface area contributed by atoms with E-state index in [4.69, 9.17) is 23.2 Å². The van der Waals surface area contributed by atoms with Crippen LogP contribution in [-0.2, 0) is 22.6 Å². The molecule has 4 rings (SSSR count). The molecule has 0 saturated carbocycles. The molecule has 1 aliphatic rings. The third-order valence-electron chi connectivity index (χ3n) is 6.08. The number of amides is 2. The maximum atomic E-state index is 13.8. The van der Waals surface area contributed by atoms with Gasteiger partial charge in [-0.2, -0.15) is 0 Å². The molecule has 0 N–H and O–H groups in total. The van der Waals surface area contributed by atoms with Crippen molar-refractivity contribution in [1.82, 2.24) is 9.80 Å². The first-order chi connectivity index (χ1) is 16.5. The van der Waals surface area contributed by atoms with Crippen LogP contribution in [0.2, 0.25) is 10.0 Å². The van der Waals surface area contributed by atoms with E-state index in [9.17, 15) is 14.0 Å². The zero-order chi connectivity index (χ0) is 25.3. The van der Waals surface area contributed by atoms with Crippen LogP contribution in [-0.4, -0.2) is 34.7 Å². The number of nitrogens with zero attached hydrogens (tertiary/aromatic N) is 2. The Morgan fingerprint density at radius 1 is 1.09 bits per heavy atom. The van der Waals surface area contributed by atoms with Crippen molar-refractivity contribution in [3.63, 3.8) is 0 Å². The van der Waals surface area contributed by atoms with Crippen LogP contribution in [0.3, 0.4) is 0 Å². The molecule has 2 aromatic carbocycles. The van der Waals surface area contributed by atoms with E-state index in [0.29, 0.717) is 16.6 Å². The first kappa shape index (κ1) is 25.7. The highest BCUT2D eigenvalue weighted by Crippen LogP contribution is 2.41. The van der Waals surface area contributed by atoms with Crippen molar-refractivity contribution in [2.24, 2.45) is 5.41 Å². The fourth-order valence-corrected chi connectivity index (χ4v) is 5.80. The lowest BCUT2D eigenvalue weighted by Crippen LogP contribution is -2.48. The van der Waals surface area contributed by atoms with Gasteiger partial charge in [-0.05, 0) is 58.8 Å². The van der Waals surface area contributed by atoms with Gasteiger partial charge in [0.05, 0.1) is 6.04 Å². The number of halogens is 3. The lowest BCUT2D eigenvalue weighted by molar-refractivity contribution is -0.147. The molecular formula is C27H27Cl2FN2O2S. The minimum absolute atomic E-state index is 0.0886. The third kappa shape index (κ3) is 5.71. The molecular weight excluding hydrogens is 506 g/mol. The van der Waals surface area contributed by atoms with Crippen molar-refractivity contribution in [2.45, 2.75) is 39.8 Å². The number of benzene rings is 2. The molecule has 1 aliphatic heterocycles. The SMILES string of the molecule is CC(C)(C)C(=O)N(CC(=O)N1CCc2sccc2C1c1ccc(Cl)cc1Cl)Cc1ccc(F)cc1. The molecule has 2 amide bonds. The Morgan fingerprint density at radius 2 is 1.80 bits per heavy atom. The van der Waals surface area contributed by atoms with Crippen LogP contribution >= 0.6 is 34.5 Å². The van der Waals surface area contributed by atoms with E-state index in [1.807, 2.05) is 38.3 Å². The van der Waals surface area contributed by atoms with Crippen molar-refractivity contribution in [2.75, 3.05) is 13.1 Å². The van der Waals surface area contributed by atoms with Gasteiger partial charge in [-0.25, -0.2) is 4.39 Å². The maximum absolute atomic E-state index is 13.8. The summed E-state index contributed by atoms with van der Waals surface area (Å²) < 4.78 is 13.4. The molecule has 4 nitrogen and oxygen atoms in total. The highest BCUT2D eigenvalue weighted by molar-refractivity contribution is 7.10. The number of carbonyl (C=O) groups is 2. The summed E-state index contributed by atoms with van der Waals surface area (Å²) in [5.41, 5.74) is 1.93. The lowest BCUT2D eigenvalue weighted by atomic mass is 9.92. The second-order valence-electron chi connectivity index (χ2n) is 9.74. The van der Waals surface area contributed by atoms with Crippen molar-refractivity contribution >= 4 is 46.4 Å². The van der Waals surface area contributed by atoms with Crippen molar-refractivity contribution in [3.05, 3.63) is 91.3 Å². The van der Waals surface area contributed by atoms with E-state index in [2.05, 4.69) is 0 Å². The minimum Gasteiger partial charge on any atom is -0.330 e. The summed E-state index contributed by atoms with van der Waals surface area (Å²) in [7, 11) is 0. The number of thiophene rings is 1. The number of hydrogen-bond acceptors (Lipinski definition) is 3. The van der Waals surface area contributed by atoms with Gasteiger partial charge in [-0.3, -0.25) is 9.59 Å². The van der Waals surface area contributed by atoms with E-state index < -0.39 is 5.41 Å².